The van der Waals surface area contributed by atoms with Crippen molar-refractivity contribution in [1.82, 2.24) is 10.9 Å². The van der Waals surface area contributed by atoms with E-state index in [9.17, 15) is 9.18 Å². The first-order chi connectivity index (χ1) is 10.6. The average molecular weight is 317 g/mol. The molecule has 2 aromatic rings. The molecule has 0 aliphatic rings. The van der Waals surface area contributed by atoms with Crippen molar-refractivity contribution in [1.29, 1.82) is 0 Å². The lowest BCUT2D eigenvalue weighted by Crippen LogP contribution is -2.35. The molecule has 112 valence electrons. The number of nitrogens with one attached hydrogen (secondary N) is 2. The Labute approximate surface area is 133 Å². The molecule has 2 rings (SSSR count). The predicted octanol–water partition coefficient (Wildman–Crippen LogP) is 3.94. The van der Waals surface area contributed by atoms with Crippen LogP contribution in [-0.4, -0.2) is 5.91 Å². The van der Waals surface area contributed by atoms with E-state index >= 15 is 0 Å². The third kappa shape index (κ3) is 4.46. The van der Waals surface area contributed by atoms with E-state index in [1.54, 1.807) is 54.6 Å². The number of carbonyl (C=O) groups excluding carboxylic acids is 1. The van der Waals surface area contributed by atoms with Gasteiger partial charge in [0.05, 0.1) is 0 Å². The molecule has 0 unspecified atom stereocenters. The minimum Gasteiger partial charge on any atom is -0.299 e. The Kier molecular flexibility index (Phi) is 5.33. The first kappa shape index (κ1) is 15.8. The Morgan fingerprint density at radius 3 is 2.45 bits per heavy atom. The fourth-order valence-electron chi connectivity index (χ4n) is 1.65. The monoisotopic (exact) mass is 316 g/mol. The molecule has 0 aliphatic carbocycles. The number of hydrazine groups is 1. The molecule has 0 bridgehead atoms. The number of halogens is 2. The molecule has 0 fully saturated rings. The lowest BCUT2D eigenvalue weighted by Gasteiger charge is -2.08. The van der Waals surface area contributed by atoms with Crippen LogP contribution in [0.1, 0.15) is 15.9 Å². The zero-order chi connectivity index (χ0) is 15.9. The lowest BCUT2D eigenvalue weighted by atomic mass is 10.2. The molecular formula is C17H14ClFN2O. The van der Waals surface area contributed by atoms with Crippen LogP contribution in [0.3, 0.4) is 0 Å². The summed E-state index contributed by atoms with van der Waals surface area (Å²) in [6.07, 6.45) is 3.14. The Morgan fingerprint density at radius 2 is 1.77 bits per heavy atom. The topological polar surface area (TPSA) is 41.1 Å². The van der Waals surface area contributed by atoms with E-state index < -0.39 is 0 Å². The minimum atomic E-state index is -0.322. The van der Waals surface area contributed by atoms with Gasteiger partial charge < -0.3 is 0 Å². The summed E-state index contributed by atoms with van der Waals surface area (Å²) in [7, 11) is 0. The van der Waals surface area contributed by atoms with Gasteiger partial charge in [0.2, 0.25) is 0 Å². The maximum atomic E-state index is 13.4. The van der Waals surface area contributed by atoms with Crippen molar-refractivity contribution in [2.75, 3.05) is 0 Å². The van der Waals surface area contributed by atoms with Gasteiger partial charge in [-0.25, -0.2) is 4.39 Å². The minimum absolute atomic E-state index is 0.322. The Bertz CT molecular complexity index is 711. The number of carbonyl (C=O) groups is 1. The standard InChI is InChI=1S/C17H14ClFN2O/c1-12(6-7-13-4-2-3-5-16(13)19)20-21-17(22)14-8-10-15(18)11-9-14/h2-11,20H,1H2,(H,21,22). The van der Waals surface area contributed by atoms with Crippen molar-refractivity contribution in [3.8, 4) is 0 Å². The van der Waals surface area contributed by atoms with Crippen LogP contribution in [-0.2, 0) is 0 Å². The molecule has 3 nitrogen and oxygen atoms in total. The van der Waals surface area contributed by atoms with Crippen LogP contribution in [0.25, 0.3) is 6.08 Å². The summed E-state index contributed by atoms with van der Waals surface area (Å²) in [5.74, 6) is -0.645. The van der Waals surface area contributed by atoms with Crippen LogP contribution in [0.15, 0.2) is 66.9 Å². The van der Waals surface area contributed by atoms with Crippen LogP contribution >= 0.6 is 11.6 Å². The maximum absolute atomic E-state index is 13.4. The Morgan fingerprint density at radius 1 is 1.09 bits per heavy atom. The van der Waals surface area contributed by atoms with Crippen LogP contribution in [0.5, 0.6) is 0 Å². The smallest absolute Gasteiger partial charge is 0.269 e. The quantitative estimate of drug-likeness (QED) is 0.648. The van der Waals surface area contributed by atoms with Crippen molar-refractivity contribution >= 4 is 23.6 Å². The zero-order valence-corrected chi connectivity index (χ0v) is 12.4. The van der Waals surface area contributed by atoms with E-state index in [1.165, 1.54) is 6.07 Å². The van der Waals surface area contributed by atoms with Gasteiger partial charge in [-0.3, -0.25) is 15.6 Å². The number of benzene rings is 2. The normalized spacial score (nSPS) is 10.5. The lowest BCUT2D eigenvalue weighted by molar-refractivity contribution is 0.0939. The summed E-state index contributed by atoms with van der Waals surface area (Å²) in [6.45, 7) is 3.72. The first-order valence-electron chi connectivity index (χ1n) is 6.50. The van der Waals surface area contributed by atoms with Gasteiger partial charge in [0.25, 0.3) is 5.91 Å². The van der Waals surface area contributed by atoms with Gasteiger partial charge in [-0.1, -0.05) is 36.4 Å². The van der Waals surface area contributed by atoms with Crippen LogP contribution in [0.4, 0.5) is 4.39 Å². The maximum Gasteiger partial charge on any atom is 0.269 e. The highest BCUT2D eigenvalue weighted by Gasteiger charge is 2.04. The first-order valence-corrected chi connectivity index (χ1v) is 6.87. The molecule has 0 saturated carbocycles. The highest BCUT2D eigenvalue weighted by Crippen LogP contribution is 2.10. The molecule has 2 aromatic carbocycles. The summed E-state index contributed by atoms with van der Waals surface area (Å²) >= 11 is 5.75. The molecule has 0 atom stereocenters. The van der Waals surface area contributed by atoms with Crippen LogP contribution in [0.2, 0.25) is 5.02 Å². The summed E-state index contributed by atoms with van der Waals surface area (Å²) < 4.78 is 13.4. The number of amides is 1. The van der Waals surface area contributed by atoms with Crippen molar-refractivity contribution < 1.29 is 9.18 Å². The van der Waals surface area contributed by atoms with Gasteiger partial charge in [0.1, 0.15) is 5.82 Å². The van der Waals surface area contributed by atoms with E-state index in [0.717, 1.165) is 0 Å². The molecule has 0 aliphatic heterocycles. The second kappa shape index (κ2) is 7.43. The van der Waals surface area contributed by atoms with E-state index in [-0.39, 0.29) is 11.7 Å². The van der Waals surface area contributed by atoms with Crippen LogP contribution in [0, 0.1) is 5.82 Å². The fraction of sp³-hybridized carbons (Fsp3) is 0. The molecule has 0 radical (unpaired) electrons. The van der Waals surface area contributed by atoms with Gasteiger partial charge in [-0.15, -0.1) is 0 Å². The molecule has 1 amide bonds. The Balaban J connectivity index is 1.89. The highest BCUT2D eigenvalue weighted by molar-refractivity contribution is 6.30. The molecule has 22 heavy (non-hydrogen) atoms. The summed E-state index contributed by atoms with van der Waals surface area (Å²) in [4.78, 5) is 11.8. The zero-order valence-electron chi connectivity index (χ0n) is 11.6. The van der Waals surface area contributed by atoms with Crippen molar-refractivity contribution in [3.05, 3.63) is 88.8 Å². The molecule has 5 heteroatoms. The van der Waals surface area contributed by atoms with Gasteiger partial charge in [-0.2, -0.15) is 0 Å². The molecular weight excluding hydrogens is 303 g/mol. The number of allylic oxidation sites excluding steroid dienone is 1. The largest absolute Gasteiger partial charge is 0.299 e. The second-order valence-corrected chi connectivity index (χ2v) is 4.90. The third-order valence-electron chi connectivity index (χ3n) is 2.81. The number of rotatable bonds is 5. The van der Waals surface area contributed by atoms with E-state index in [4.69, 9.17) is 11.6 Å². The molecule has 0 aromatic heterocycles. The number of hydrogen-bond donors (Lipinski definition) is 2. The molecule has 0 heterocycles. The van der Waals surface area contributed by atoms with Crippen molar-refractivity contribution in [3.63, 3.8) is 0 Å². The van der Waals surface area contributed by atoms with E-state index in [2.05, 4.69) is 17.4 Å². The molecule has 0 saturated heterocycles. The van der Waals surface area contributed by atoms with Gasteiger partial charge in [-0.05, 0) is 42.5 Å². The van der Waals surface area contributed by atoms with Crippen molar-refractivity contribution in [2.24, 2.45) is 0 Å². The SMILES string of the molecule is C=C(C=Cc1ccccc1F)NNC(=O)c1ccc(Cl)cc1. The molecule has 0 spiro atoms. The fourth-order valence-corrected chi connectivity index (χ4v) is 1.78. The van der Waals surface area contributed by atoms with Crippen LogP contribution < -0.4 is 10.9 Å². The number of hydrogen-bond acceptors (Lipinski definition) is 2. The predicted molar refractivity (Wildman–Crippen MR) is 86.6 cm³/mol. The molecule has 2 N–H and O–H groups in total. The van der Waals surface area contributed by atoms with Gasteiger partial charge in [0.15, 0.2) is 0 Å². The van der Waals surface area contributed by atoms with Gasteiger partial charge in [0, 0.05) is 21.8 Å². The Hall–Kier alpha value is -2.59. The van der Waals surface area contributed by atoms with E-state index in [1.807, 2.05) is 0 Å². The van der Waals surface area contributed by atoms with Crippen molar-refractivity contribution in [2.45, 2.75) is 0 Å². The van der Waals surface area contributed by atoms with Gasteiger partial charge >= 0.3 is 0 Å². The highest BCUT2D eigenvalue weighted by atomic mass is 35.5. The average Bonchev–Trinajstić information content (AvgIpc) is 2.52. The second-order valence-electron chi connectivity index (χ2n) is 4.47. The summed E-state index contributed by atoms with van der Waals surface area (Å²) in [6, 6.07) is 12.8. The third-order valence-corrected chi connectivity index (χ3v) is 3.06. The summed E-state index contributed by atoms with van der Waals surface area (Å²) in [5, 5.41) is 0.557. The van der Waals surface area contributed by atoms with E-state index in [0.29, 0.717) is 21.8 Å². The summed E-state index contributed by atoms with van der Waals surface area (Å²) in [5.41, 5.74) is 6.46.